The molecule has 0 unspecified atom stereocenters. The first kappa shape index (κ1) is 14.2. The summed E-state index contributed by atoms with van der Waals surface area (Å²) in [6.45, 7) is 4.57. The normalized spacial score (nSPS) is 19.5. The highest BCUT2D eigenvalue weighted by Gasteiger charge is 2.23. The van der Waals surface area contributed by atoms with Crippen LogP contribution < -0.4 is 5.32 Å². The van der Waals surface area contributed by atoms with Crippen molar-refractivity contribution in [2.75, 3.05) is 30.4 Å². The van der Waals surface area contributed by atoms with Gasteiger partial charge < -0.3 is 10.2 Å². The smallest absolute Gasteiger partial charge is 0.321 e. The lowest BCUT2D eigenvalue weighted by Gasteiger charge is -2.32. The van der Waals surface area contributed by atoms with Crippen LogP contribution in [0.5, 0.6) is 0 Å². The molecular weight excluding hydrogens is 260 g/mol. The number of likely N-dealkylation sites (tertiary alicyclic amines) is 1. The first-order valence-corrected chi connectivity index (χ1v) is 8.19. The standard InChI is InChI=1S/C13H22N4OS/c1-3-17-9-12(7-14-17)15-13(18)16-6-4-5-11(8-16)10-19-2/h7,9,11H,3-6,8,10H2,1-2H3,(H,15,18)/t11-/m1/s1. The molecule has 106 valence electrons. The van der Waals surface area contributed by atoms with E-state index in [-0.39, 0.29) is 6.03 Å². The Bertz CT molecular complexity index is 419. The number of nitrogens with one attached hydrogen (secondary N) is 1. The largest absolute Gasteiger partial charge is 0.324 e. The van der Waals surface area contributed by atoms with Crippen LogP contribution in [0, 0.1) is 5.92 Å². The fourth-order valence-electron chi connectivity index (χ4n) is 2.42. The van der Waals surface area contributed by atoms with Gasteiger partial charge in [0.2, 0.25) is 0 Å². The van der Waals surface area contributed by atoms with Gasteiger partial charge in [0.15, 0.2) is 0 Å². The van der Waals surface area contributed by atoms with Crippen LogP contribution in [0.2, 0.25) is 0 Å². The lowest BCUT2D eigenvalue weighted by atomic mass is 10.0. The van der Waals surface area contributed by atoms with Crippen molar-refractivity contribution in [1.29, 1.82) is 0 Å². The molecule has 0 radical (unpaired) electrons. The maximum atomic E-state index is 12.2. The van der Waals surface area contributed by atoms with Gasteiger partial charge in [-0.05, 0) is 37.7 Å². The Kier molecular flexibility index (Phi) is 5.13. The van der Waals surface area contributed by atoms with Crippen molar-refractivity contribution in [2.45, 2.75) is 26.3 Å². The van der Waals surface area contributed by atoms with Gasteiger partial charge in [-0.25, -0.2) is 4.79 Å². The van der Waals surface area contributed by atoms with Gasteiger partial charge in [0.25, 0.3) is 0 Å². The molecule has 19 heavy (non-hydrogen) atoms. The number of piperidine rings is 1. The van der Waals surface area contributed by atoms with Crippen molar-refractivity contribution in [3.63, 3.8) is 0 Å². The Morgan fingerprint density at radius 2 is 2.47 bits per heavy atom. The maximum absolute atomic E-state index is 12.2. The zero-order valence-electron chi connectivity index (χ0n) is 11.6. The van der Waals surface area contributed by atoms with E-state index >= 15 is 0 Å². The minimum absolute atomic E-state index is 0.00135. The van der Waals surface area contributed by atoms with Crippen LogP contribution in [0.25, 0.3) is 0 Å². The molecule has 0 aromatic carbocycles. The van der Waals surface area contributed by atoms with Crippen LogP contribution in [-0.4, -0.2) is 45.8 Å². The molecule has 1 aliphatic heterocycles. The summed E-state index contributed by atoms with van der Waals surface area (Å²) in [5.74, 6) is 1.77. The topological polar surface area (TPSA) is 50.2 Å². The van der Waals surface area contributed by atoms with Crippen LogP contribution in [0.1, 0.15) is 19.8 Å². The van der Waals surface area contributed by atoms with Crippen molar-refractivity contribution in [1.82, 2.24) is 14.7 Å². The molecular formula is C13H22N4OS. The molecule has 1 aliphatic rings. The number of urea groups is 1. The highest BCUT2D eigenvalue weighted by atomic mass is 32.2. The number of anilines is 1. The van der Waals surface area contributed by atoms with Crippen LogP contribution in [0.4, 0.5) is 10.5 Å². The number of hydrogen-bond donors (Lipinski definition) is 1. The van der Waals surface area contributed by atoms with Gasteiger partial charge in [-0.3, -0.25) is 4.68 Å². The van der Waals surface area contributed by atoms with E-state index in [1.165, 1.54) is 6.42 Å². The summed E-state index contributed by atoms with van der Waals surface area (Å²) in [4.78, 5) is 14.1. The van der Waals surface area contributed by atoms with E-state index in [1.807, 2.05) is 34.5 Å². The molecule has 0 spiro atoms. The van der Waals surface area contributed by atoms with Gasteiger partial charge in [-0.1, -0.05) is 0 Å². The quantitative estimate of drug-likeness (QED) is 0.923. The molecule has 0 bridgehead atoms. The summed E-state index contributed by atoms with van der Waals surface area (Å²) in [5.41, 5.74) is 0.777. The summed E-state index contributed by atoms with van der Waals surface area (Å²) in [7, 11) is 0. The average molecular weight is 282 g/mol. The number of thioether (sulfide) groups is 1. The Morgan fingerprint density at radius 1 is 1.63 bits per heavy atom. The number of amides is 2. The zero-order chi connectivity index (χ0) is 13.7. The van der Waals surface area contributed by atoms with Gasteiger partial charge in [-0.15, -0.1) is 0 Å². The Balaban J connectivity index is 1.88. The first-order valence-electron chi connectivity index (χ1n) is 6.80. The number of carbonyl (C=O) groups is 1. The SMILES string of the molecule is CCn1cc(NC(=O)N2CCC[C@@H](CSC)C2)cn1. The highest BCUT2D eigenvalue weighted by Crippen LogP contribution is 2.20. The lowest BCUT2D eigenvalue weighted by Crippen LogP contribution is -2.42. The van der Waals surface area contributed by atoms with Crippen LogP contribution in [0.3, 0.4) is 0 Å². The van der Waals surface area contributed by atoms with E-state index in [9.17, 15) is 4.79 Å². The van der Waals surface area contributed by atoms with Gasteiger partial charge in [0.05, 0.1) is 11.9 Å². The molecule has 1 fully saturated rings. The number of aromatic nitrogens is 2. The van der Waals surface area contributed by atoms with E-state index in [0.717, 1.165) is 37.5 Å². The zero-order valence-corrected chi connectivity index (χ0v) is 12.4. The predicted octanol–water partition coefficient (Wildman–Crippen LogP) is 2.51. The minimum atomic E-state index is 0.00135. The predicted molar refractivity (Wildman–Crippen MR) is 79.6 cm³/mol. The monoisotopic (exact) mass is 282 g/mol. The summed E-state index contributed by atoms with van der Waals surface area (Å²) >= 11 is 1.86. The van der Waals surface area contributed by atoms with Crippen molar-refractivity contribution in [2.24, 2.45) is 5.92 Å². The minimum Gasteiger partial charge on any atom is -0.324 e. The van der Waals surface area contributed by atoms with Crippen molar-refractivity contribution in [3.05, 3.63) is 12.4 Å². The second-order valence-corrected chi connectivity index (χ2v) is 5.84. The molecule has 6 heteroatoms. The molecule has 2 amide bonds. The molecule has 2 heterocycles. The second-order valence-electron chi connectivity index (χ2n) is 4.92. The molecule has 2 rings (SSSR count). The summed E-state index contributed by atoms with van der Waals surface area (Å²) < 4.78 is 1.81. The van der Waals surface area contributed by atoms with E-state index < -0.39 is 0 Å². The molecule has 5 nitrogen and oxygen atoms in total. The number of nitrogens with zero attached hydrogens (tertiary/aromatic N) is 3. The van der Waals surface area contributed by atoms with Crippen molar-refractivity contribution in [3.8, 4) is 0 Å². The van der Waals surface area contributed by atoms with E-state index in [0.29, 0.717) is 5.92 Å². The number of rotatable bonds is 4. The third-order valence-corrected chi connectivity index (χ3v) is 4.22. The van der Waals surface area contributed by atoms with Crippen LogP contribution in [0.15, 0.2) is 12.4 Å². The van der Waals surface area contributed by atoms with Crippen LogP contribution in [-0.2, 0) is 6.54 Å². The maximum Gasteiger partial charge on any atom is 0.321 e. The molecule has 1 aromatic rings. The molecule has 1 aromatic heterocycles. The molecule has 0 aliphatic carbocycles. The molecule has 1 atom stereocenters. The Labute approximate surface area is 118 Å². The molecule has 1 N–H and O–H groups in total. The Hall–Kier alpha value is -1.17. The third kappa shape index (κ3) is 3.89. The van der Waals surface area contributed by atoms with E-state index in [4.69, 9.17) is 0 Å². The number of aryl methyl sites for hydroxylation is 1. The first-order chi connectivity index (χ1) is 9.22. The number of hydrogen-bond acceptors (Lipinski definition) is 3. The van der Waals surface area contributed by atoms with E-state index in [1.54, 1.807) is 6.20 Å². The second kappa shape index (κ2) is 6.84. The van der Waals surface area contributed by atoms with Gasteiger partial charge in [-0.2, -0.15) is 16.9 Å². The van der Waals surface area contributed by atoms with Crippen molar-refractivity contribution >= 4 is 23.5 Å². The third-order valence-electron chi connectivity index (χ3n) is 3.42. The Morgan fingerprint density at radius 3 is 3.16 bits per heavy atom. The van der Waals surface area contributed by atoms with Crippen molar-refractivity contribution < 1.29 is 4.79 Å². The average Bonchev–Trinajstić information content (AvgIpc) is 2.87. The molecule has 1 saturated heterocycles. The summed E-state index contributed by atoms with van der Waals surface area (Å²) in [6, 6.07) is 0.00135. The molecule has 0 saturated carbocycles. The van der Waals surface area contributed by atoms with E-state index in [2.05, 4.69) is 16.7 Å². The fraction of sp³-hybridized carbons (Fsp3) is 0.692. The van der Waals surface area contributed by atoms with Gasteiger partial charge in [0, 0.05) is 25.8 Å². The highest BCUT2D eigenvalue weighted by molar-refractivity contribution is 7.98. The van der Waals surface area contributed by atoms with Gasteiger partial charge in [0.1, 0.15) is 0 Å². The van der Waals surface area contributed by atoms with Crippen LogP contribution >= 0.6 is 11.8 Å². The lowest BCUT2D eigenvalue weighted by molar-refractivity contribution is 0.183. The van der Waals surface area contributed by atoms with Gasteiger partial charge >= 0.3 is 6.03 Å². The fourth-order valence-corrected chi connectivity index (χ4v) is 3.17. The summed E-state index contributed by atoms with van der Waals surface area (Å²) in [6.07, 6.45) is 8.02. The summed E-state index contributed by atoms with van der Waals surface area (Å²) in [5, 5.41) is 7.08. The number of carbonyl (C=O) groups excluding carboxylic acids is 1.